The summed E-state index contributed by atoms with van der Waals surface area (Å²) >= 11 is 0. The van der Waals surface area contributed by atoms with Crippen LogP contribution in [0.15, 0.2) is 24.3 Å². The van der Waals surface area contributed by atoms with Gasteiger partial charge in [0, 0.05) is 38.3 Å². The van der Waals surface area contributed by atoms with Crippen LogP contribution in [-0.4, -0.2) is 90.9 Å². The second-order valence-electron chi connectivity index (χ2n) is 8.55. The Bertz CT molecular complexity index is 791. The predicted molar refractivity (Wildman–Crippen MR) is 115 cm³/mol. The molecule has 4 rings (SSSR count). The van der Waals surface area contributed by atoms with Gasteiger partial charge in [-0.3, -0.25) is 19.3 Å². The lowest BCUT2D eigenvalue weighted by Gasteiger charge is -2.42. The van der Waals surface area contributed by atoms with Gasteiger partial charge in [-0.05, 0) is 49.9 Å². The first-order valence-electron chi connectivity index (χ1n) is 11.4. The van der Waals surface area contributed by atoms with Crippen molar-refractivity contribution in [2.45, 2.75) is 38.3 Å². The van der Waals surface area contributed by atoms with Gasteiger partial charge in [0.2, 0.25) is 11.8 Å². The number of carbonyl (C=O) groups excluding carboxylic acids is 3. The number of piperazine rings is 1. The average molecular weight is 429 g/mol. The zero-order chi connectivity index (χ0) is 21.6. The van der Waals surface area contributed by atoms with Crippen LogP contribution in [-0.2, 0) is 20.9 Å². The normalized spacial score (nSPS) is 22.4. The highest BCUT2D eigenvalue weighted by molar-refractivity contribution is 5.95. The van der Waals surface area contributed by atoms with Crippen LogP contribution in [0.5, 0.6) is 0 Å². The van der Waals surface area contributed by atoms with E-state index in [2.05, 4.69) is 10.2 Å². The Morgan fingerprint density at radius 1 is 1.06 bits per heavy atom. The summed E-state index contributed by atoms with van der Waals surface area (Å²) in [4.78, 5) is 43.4. The number of fused-ring (bicyclic) bond motifs is 1. The second kappa shape index (κ2) is 10.2. The molecule has 0 spiro atoms. The van der Waals surface area contributed by atoms with Crippen molar-refractivity contribution >= 4 is 17.7 Å². The Labute approximate surface area is 183 Å². The maximum absolute atomic E-state index is 12.8. The number of hydrogen-bond donors (Lipinski definition) is 1. The van der Waals surface area contributed by atoms with E-state index in [0.29, 0.717) is 25.2 Å². The van der Waals surface area contributed by atoms with E-state index in [-0.39, 0.29) is 30.3 Å². The number of rotatable bonds is 7. The van der Waals surface area contributed by atoms with Crippen molar-refractivity contribution in [3.05, 3.63) is 35.4 Å². The fraction of sp³-hybridized carbons (Fsp3) is 0.609. The highest BCUT2D eigenvalue weighted by atomic mass is 16.5. The number of piperidine rings is 1. The van der Waals surface area contributed by atoms with Crippen molar-refractivity contribution in [3.63, 3.8) is 0 Å². The van der Waals surface area contributed by atoms with Crippen molar-refractivity contribution in [2.24, 2.45) is 0 Å². The molecule has 8 heteroatoms. The van der Waals surface area contributed by atoms with Gasteiger partial charge in [-0.25, -0.2) is 0 Å². The third kappa shape index (κ3) is 5.43. The fourth-order valence-corrected chi connectivity index (χ4v) is 4.58. The maximum Gasteiger partial charge on any atom is 0.251 e. The Kier molecular flexibility index (Phi) is 7.19. The minimum absolute atomic E-state index is 0.0392. The van der Waals surface area contributed by atoms with Crippen LogP contribution < -0.4 is 5.32 Å². The number of carbonyl (C=O) groups is 3. The molecule has 3 amide bonds. The van der Waals surface area contributed by atoms with Gasteiger partial charge >= 0.3 is 0 Å². The van der Waals surface area contributed by atoms with Crippen LogP contribution in [0.2, 0.25) is 0 Å². The Morgan fingerprint density at radius 2 is 1.84 bits per heavy atom. The molecule has 3 fully saturated rings. The van der Waals surface area contributed by atoms with Gasteiger partial charge in [-0.2, -0.15) is 0 Å². The molecule has 1 atom stereocenters. The predicted octanol–water partition coefficient (Wildman–Crippen LogP) is 0.862. The zero-order valence-corrected chi connectivity index (χ0v) is 18.1. The third-order valence-corrected chi connectivity index (χ3v) is 6.38. The summed E-state index contributed by atoms with van der Waals surface area (Å²) in [7, 11) is 0. The molecule has 1 aromatic carbocycles. The summed E-state index contributed by atoms with van der Waals surface area (Å²) in [5.41, 5.74) is 1.53. The molecule has 1 aromatic rings. The largest absolute Gasteiger partial charge is 0.379 e. The van der Waals surface area contributed by atoms with E-state index in [4.69, 9.17) is 4.74 Å². The molecule has 168 valence electrons. The smallest absolute Gasteiger partial charge is 0.251 e. The van der Waals surface area contributed by atoms with Crippen LogP contribution in [0.4, 0.5) is 0 Å². The molecule has 1 unspecified atom stereocenters. The first-order chi connectivity index (χ1) is 15.1. The standard InChI is InChI=1S/C23H32N4O4/c28-21-17-26(23(30)20-4-1-2-11-27(20)21)16-18-5-7-19(8-6-18)22(29)24-9-3-10-25-12-14-31-15-13-25/h5-8,20H,1-4,9-17H2,(H,24,29). The molecule has 0 radical (unpaired) electrons. The summed E-state index contributed by atoms with van der Waals surface area (Å²) in [5, 5.41) is 2.97. The number of morpholine rings is 1. The van der Waals surface area contributed by atoms with Crippen molar-refractivity contribution in [3.8, 4) is 0 Å². The lowest BCUT2D eigenvalue weighted by atomic mass is 9.98. The Balaban J connectivity index is 1.24. The van der Waals surface area contributed by atoms with E-state index in [1.165, 1.54) is 0 Å². The average Bonchev–Trinajstić information content (AvgIpc) is 2.81. The molecule has 0 aromatic heterocycles. The second-order valence-corrected chi connectivity index (χ2v) is 8.55. The maximum atomic E-state index is 12.8. The van der Waals surface area contributed by atoms with Crippen LogP contribution in [0, 0.1) is 0 Å². The van der Waals surface area contributed by atoms with Crippen molar-refractivity contribution in [1.29, 1.82) is 0 Å². The molecule has 1 N–H and O–H groups in total. The molecule has 3 saturated heterocycles. The van der Waals surface area contributed by atoms with Gasteiger partial charge in [0.05, 0.1) is 13.2 Å². The minimum Gasteiger partial charge on any atom is -0.379 e. The van der Waals surface area contributed by atoms with E-state index >= 15 is 0 Å². The number of nitrogens with zero attached hydrogens (tertiary/aromatic N) is 3. The summed E-state index contributed by atoms with van der Waals surface area (Å²) in [6.45, 7) is 6.32. The van der Waals surface area contributed by atoms with E-state index < -0.39 is 0 Å². The monoisotopic (exact) mass is 428 g/mol. The Morgan fingerprint density at radius 3 is 2.61 bits per heavy atom. The Hall–Kier alpha value is -2.45. The van der Waals surface area contributed by atoms with E-state index in [1.807, 2.05) is 12.1 Å². The molecular formula is C23H32N4O4. The number of ether oxygens (including phenoxy) is 1. The summed E-state index contributed by atoms with van der Waals surface area (Å²) in [5.74, 6) is -0.00522. The molecular weight excluding hydrogens is 396 g/mol. The van der Waals surface area contributed by atoms with Gasteiger partial charge < -0.3 is 19.9 Å². The quantitative estimate of drug-likeness (QED) is 0.652. The summed E-state index contributed by atoms with van der Waals surface area (Å²) < 4.78 is 5.34. The first-order valence-corrected chi connectivity index (χ1v) is 11.4. The van der Waals surface area contributed by atoms with Crippen LogP contribution >= 0.6 is 0 Å². The SMILES string of the molecule is O=C(NCCCN1CCOCC1)c1ccc(CN2CC(=O)N3CCCCC3C2=O)cc1. The van der Waals surface area contributed by atoms with Gasteiger partial charge in [-0.15, -0.1) is 0 Å². The highest BCUT2D eigenvalue weighted by Gasteiger charge is 2.40. The minimum atomic E-state index is -0.294. The fourth-order valence-electron chi connectivity index (χ4n) is 4.58. The number of benzene rings is 1. The molecule has 3 aliphatic rings. The van der Waals surface area contributed by atoms with E-state index in [0.717, 1.165) is 64.1 Å². The van der Waals surface area contributed by atoms with Gasteiger partial charge in [0.25, 0.3) is 5.91 Å². The lowest BCUT2D eigenvalue weighted by Crippen LogP contribution is -2.60. The topological polar surface area (TPSA) is 82.2 Å². The molecule has 8 nitrogen and oxygen atoms in total. The van der Waals surface area contributed by atoms with Gasteiger partial charge in [-0.1, -0.05) is 12.1 Å². The summed E-state index contributed by atoms with van der Waals surface area (Å²) in [6, 6.07) is 7.02. The molecule has 0 bridgehead atoms. The third-order valence-electron chi connectivity index (χ3n) is 6.38. The van der Waals surface area contributed by atoms with Gasteiger partial charge in [0.1, 0.15) is 12.6 Å². The molecule has 0 aliphatic carbocycles. The molecule has 0 saturated carbocycles. The van der Waals surface area contributed by atoms with E-state index in [9.17, 15) is 14.4 Å². The number of nitrogens with one attached hydrogen (secondary N) is 1. The summed E-state index contributed by atoms with van der Waals surface area (Å²) in [6.07, 6.45) is 3.63. The van der Waals surface area contributed by atoms with Gasteiger partial charge in [0.15, 0.2) is 0 Å². The molecule has 31 heavy (non-hydrogen) atoms. The number of hydrogen-bond acceptors (Lipinski definition) is 5. The molecule has 3 aliphatic heterocycles. The van der Waals surface area contributed by atoms with E-state index in [1.54, 1.807) is 21.9 Å². The highest BCUT2D eigenvalue weighted by Crippen LogP contribution is 2.24. The van der Waals surface area contributed by atoms with Crippen molar-refractivity contribution < 1.29 is 19.1 Å². The number of amides is 3. The van der Waals surface area contributed by atoms with Crippen LogP contribution in [0.3, 0.4) is 0 Å². The first kappa shape index (κ1) is 21.8. The molecule has 3 heterocycles. The lowest BCUT2D eigenvalue weighted by molar-refractivity contribution is -0.158. The zero-order valence-electron chi connectivity index (χ0n) is 18.1. The van der Waals surface area contributed by atoms with Crippen LogP contribution in [0.25, 0.3) is 0 Å². The van der Waals surface area contributed by atoms with Crippen LogP contribution in [0.1, 0.15) is 41.6 Å². The van der Waals surface area contributed by atoms with Crippen molar-refractivity contribution in [2.75, 3.05) is 52.5 Å². The van der Waals surface area contributed by atoms with Crippen molar-refractivity contribution in [1.82, 2.24) is 20.0 Å².